The van der Waals surface area contributed by atoms with Crippen LogP contribution in [0.3, 0.4) is 0 Å². The largest absolute Gasteiger partial charge is 0.481 e. The highest BCUT2D eigenvalue weighted by atomic mass is 35.5. The number of carbonyl (C=O) groups excluding carboxylic acids is 1. The van der Waals surface area contributed by atoms with Gasteiger partial charge in [-0.25, -0.2) is 0 Å². The zero-order valence-corrected chi connectivity index (χ0v) is 12.3. The summed E-state index contributed by atoms with van der Waals surface area (Å²) in [5.41, 5.74) is 0.751. The number of amides is 1. The molecule has 0 saturated carbocycles. The van der Waals surface area contributed by atoms with Crippen LogP contribution in [0.2, 0.25) is 5.02 Å². The van der Waals surface area contributed by atoms with E-state index in [-0.39, 0.29) is 18.2 Å². The molecule has 0 spiro atoms. The number of carboxylic acid groups (broad SMARTS) is 1. The van der Waals surface area contributed by atoms with Crippen LogP contribution in [0.1, 0.15) is 37.3 Å². The molecule has 4 nitrogen and oxygen atoms in total. The minimum Gasteiger partial charge on any atom is -0.481 e. The molecule has 1 aromatic rings. The van der Waals surface area contributed by atoms with Crippen molar-refractivity contribution in [2.45, 2.75) is 31.7 Å². The van der Waals surface area contributed by atoms with Gasteiger partial charge in [0.25, 0.3) is 0 Å². The first-order valence-corrected chi connectivity index (χ1v) is 7.36. The molecule has 21 heavy (non-hydrogen) atoms. The number of carbonyl (C=O) groups is 2. The quantitative estimate of drug-likeness (QED) is 0.820. The number of nitrogens with one attached hydrogen (secondary N) is 1. The summed E-state index contributed by atoms with van der Waals surface area (Å²) in [4.78, 5) is 23.3. The number of rotatable bonds is 5. The summed E-state index contributed by atoms with van der Waals surface area (Å²) < 4.78 is 0. The normalized spacial score (nSPS) is 19.0. The minimum atomic E-state index is -0.946. The van der Waals surface area contributed by atoms with E-state index in [2.05, 4.69) is 11.4 Å². The van der Waals surface area contributed by atoms with Crippen LogP contribution in [0.15, 0.2) is 36.4 Å². The van der Waals surface area contributed by atoms with Crippen molar-refractivity contribution in [2.24, 2.45) is 5.92 Å². The summed E-state index contributed by atoms with van der Waals surface area (Å²) in [6, 6.07) is 6.36. The standard InChI is InChI=1S/C16H18ClNO3/c17-13-8-6-11(7-9-13)14(10-15(19)20)18-16(21)12-4-2-1-3-5-12/h1-2,6-9,12,14H,3-5,10H2,(H,18,21)(H,19,20)/t12-,14-/m0/s1. The minimum absolute atomic E-state index is 0.0707. The lowest BCUT2D eigenvalue weighted by molar-refractivity contribution is -0.138. The molecule has 2 atom stereocenters. The Kier molecular flexibility index (Phi) is 5.39. The summed E-state index contributed by atoms with van der Waals surface area (Å²) in [5.74, 6) is -1.10. The van der Waals surface area contributed by atoms with Gasteiger partial charge in [0.05, 0.1) is 12.5 Å². The van der Waals surface area contributed by atoms with Gasteiger partial charge in [0.1, 0.15) is 0 Å². The molecule has 1 aliphatic rings. The average Bonchev–Trinajstić information content (AvgIpc) is 2.48. The van der Waals surface area contributed by atoms with E-state index < -0.39 is 12.0 Å². The molecular weight excluding hydrogens is 290 g/mol. The molecule has 0 heterocycles. The number of carboxylic acids is 1. The number of aliphatic carboxylic acids is 1. The Bertz CT molecular complexity index is 539. The highest BCUT2D eigenvalue weighted by Crippen LogP contribution is 2.23. The predicted octanol–water partition coefficient (Wildman–Crippen LogP) is 3.33. The van der Waals surface area contributed by atoms with Crippen LogP contribution in [-0.4, -0.2) is 17.0 Å². The van der Waals surface area contributed by atoms with Crippen LogP contribution in [-0.2, 0) is 9.59 Å². The second-order valence-corrected chi connectivity index (χ2v) is 5.63. The van der Waals surface area contributed by atoms with Crippen LogP contribution in [0.25, 0.3) is 0 Å². The van der Waals surface area contributed by atoms with Gasteiger partial charge < -0.3 is 10.4 Å². The van der Waals surface area contributed by atoms with Crippen LogP contribution in [0.4, 0.5) is 0 Å². The van der Waals surface area contributed by atoms with Crippen molar-refractivity contribution < 1.29 is 14.7 Å². The van der Waals surface area contributed by atoms with E-state index in [9.17, 15) is 9.59 Å². The van der Waals surface area contributed by atoms with Crippen molar-refractivity contribution in [3.63, 3.8) is 0 Å². The molecule has 0 saturated heterocycles. The van der Waals surface area contributed by atoms with Gasteiger partial charge in [-0.1, -0.05) is 35.9 Å². The molecule has 112 valence electrons. The molecule has 1 aliphatic carbocycles. The fourth-order valence-electron chi connectivity index (χ4n) is 2.44. The summed E-state index contributed by atoms with van der Waals surface area (Å²) >= 11 is 5.84. The lowest BCUT2D eigenvalue weighted by Crippen LogP contribution is -2.35. The predicted molar refractivity (Wildman–Crippen MR) is 81.1 cm³/mol. The second-order valence-electron chi connectivity index (χ2n) is 5.19. The smallest absolute Gasteiger partial charge is 0.305 e. The molecule has 0 aromatic heterocycles. The third-order valence-corrected chi connectivity index (χ3v) is 3.86. The Morgan fingerprint density at radius 1 is 1.29 bits per heavy atom. The molecule has 2 rings (SSSR count). The lowest BCUT2D eigenvalue weighted by atomic mass is 9.92. The van der Waals surface area contributed by atoms with Gasteiger partial charge in [0, 0.05) is 10.9 Å². The maximum atomic E-state index is 12.3. The third kappa shape index (κ3) is 4.60. The van der Waals surface area contributed by atoms with E-state index in [1.807, 2.05) is 6.08 Å². The van der Waals surface area contributed by atoms with Gasteiger partial charge in [0.2, 0.25) is 5.91 Å². The molecule has 0 bridgehead atoms. The fourth-order valence-corrected chi connectivity index (χ4v) is 2.57. The van der Waals surface area contributed by atoms with Crippen LogP contribution in [0.5, 0.6) is 0 Å². The first-order chi connectivity index (χ1) is 10.1. The van der Waals surface area contributed by atoms with E-state index in [1.165, 1.54) is 0 Å². The topological polar surface area (TPSA) is 66.4 Å². The summed E-state index contributed by atoms with van der Waals surface area (Å²) in [6.45, 7) is 0. The van der Waals surface area contributed by atoms with Gasteiger partial charge in [-0.3, -0.25) is 9.59 Å². The van der Waals surface area contributed by atoms with Gasteiger partial charge in [0.15, 0.2) is 0 Å². The van der Waals surface area contributed by atoms with E-state index in [0.717, 1.165) is 18.4 Å². The zero-order chi connectivity index (χ0) is 15.2. The van der Waals surface area contributed by atoms with Crippen molar-refractivity contribution in [3.05, 3.63) is 47.0 Å². The number of hydrogen-bond acceptors (Lipinski definition) is 2. The second kappa shape index (κ2) is 7.27. The number of hydrogen-bond donors (Lipinski definition) is 2. The van der Waals surface area contributed by atoms with Gasteiger partial charge >= 0.3 is 5.97 Å². The summed E-state index contributed by atoms with van der Waals surface area (Å²) in [7, 11) is 0. The highest BCUT2D eigenvalue weighted by Gasteiger charge is 2.23. The number of allylic oxidation sites excluding steroid dienone is 2. The molecule has 1 amide bonds. The Balaban J connectivity index is 2.08. The third-order valence-electron chi connectivity index (χ3n) is 3.61. The van der Waals surface area contributed by atoms with Crippen LogP contribution in [0, 0.1) is 5.92 Å². The first kappa shape index (κ1) is 15.6. The monoisotopic (exact) mass is 307 g/mol. The zero-order valence-electron chi connectivity index (χ0n) is 11.6. The van der Waals surface area contributed by atoms with Gasteiger partial charge in [-0.15, -0.1) is 0 Å². The number of benzene rings is 1. The molecule has 0 fully saturated rings. The molecule has 0 aliphatic heterocycles. The van der Waals surface area contributed by atoms with Gasteiger partial charge in [-0.2, -0.15) is 0 Å². The van der Waals surface area contributed by atoms with Gasteiger partial charge in [-0.05, 0) is 37.0 Å². The Morgan fingerprint density at radius 3 is 2.57 bits per heavy atom. The Morgan fingerprint density at radius 2 is 2.00 bits per heavy atom. The van der Waals surface area contributed by atoms with Crippen LogP contribution < -0.4 is 5.32 Å². The molecular formula is C16H18ClNO3. The van der Waals surface area contributed by atoms with Crippen molar-refractivity contribution >= 4 is 23.5 Å². The highest BCUT2D eigenvalue weighted by molar-refractivity contribution is 6.30. The SMILES string of the molecule is O=C(O)C[C@H](NC(=O)[C@H]1CC=CCC1)c1ccc(Cl)cc1. The molecule has 5 heteroatoms. The molecule has 0 unspecified atom stereocenters. The Labute approximate surface area is 128 Å². The first-order valence-electron chi connectivity index (χ1n) is 6.99. The maximum absolute atomic E-state index is 12.3. The molecule has 1 aromatic carbocycles. The molecule has 0 radical (unpaired) electrons. The van der Waals surface area contributed by atoms with E-state index in [1.54, 1.807) is 24.3 Å². The lowest BCUT2D eigenvalue weighted by Gasteiger charge is -2.22. The van der Waals surface area contributed by atoms with Crippen molar-refractivity contribution in [3.8, 4) is 0 Å². The summed E-state index contributed by atoms with van der Waals surface area (Å²) in [6.07, 6.45) is 6.34. The number of halogens is 1. The van der Waals surface area contributed by atoms with E-state index in [0.29, 0.717) is 11.4 Å². The molecule has 2 N–H and O–H groups in total. The van der Waals surface area contributed by atoms with Crippen LogP contribution >= 0.6 is 11.6 Å². The average molecular weight is 308 g/mol. The van der Waals surface area contributed by atoms with Crippen molar-refractivity contribution in [1.82, 2.24) is 5.32 Å². The van der Waals surface area contributed by atoms with E-state index >= 15 is 0 Å². The van der Waals surface area contributed by atoms with Crippen molar-refractivity contribution in [2.75, 3.05) is 0 Å². The van der Waals surface area contributed by atoms with Crippen molar-refractivity contribution in [1.29, 1.82) is 0 Å². The maximum Gasteiger partial charge on any atom is 0.305 e. The summed E-state index contributed by atoms with van der Waals surface area (Å²) in [5, 5.41) is 12.5. The fraction of sp³-hybridized carbons (Fsp3) is 0.375. The Hall–Kier alpha value is -1.81. The van der Waals surface area contributed by atoms with E-state index in [4.69, 9.17) is 16.7 Å².